The van der Waals surface area contributed by atoms with Gasteiger partial charge in [0.25, 0.3) is 0 Å². The Morgan fingerprint density at radius 3 is 2.43 bits per heavy atom. The molecule has 1 aliphatic heterocycles. The summed E-state index contributed by atoms with van der Waals surface area (Å²) in [5.74, 6) is -1.16. The second kappa shape index (κ2) is 10.9. The van der Waals surface area contributed by atoms with Crippen LogP contribution in [0, 0.1) is 0 Å². The summed E-state index contributed by atoms with van der Waals surface area (Å²) in [6, 6.07) is 4.76. The van der Waals surface area contributed by atoms with E-state index in [0.29, 0.717) is 15.6 Å². The van der Waals surface area contributed by atoms with Gasteiger partial charge in [0.15, 0.2) is 6.29 Å². The van der Waals surface area contributed by atoms with E-state index in [0.717, 1.165) is 0 Å². The molecule has 0 aromatic heterocycles. The van der Waals surface area contributed by atoms with Crippen molar-refractivity contribution in [2.45, 2.75) is 37.1 Å². The minimum Gasteiger partial charge on any atom is -0.445 e. The first-order valence-electron chi connectivity index (χ1n) is 8.60. The van der Waals surface area contributed by atoms with Crippen molar-refractivity contribution in [1.29, 1.82) is 0 Å². The number of aliphatic hydroxyl groups excluding tert-OH is 3. The minimum atomic E-state index is -1.57. The Labute approximate surface area is 181 Å². The third-order valence-corrected chi connectivity index (χ3v) is 4.86. The number of rotatable bonds is 5. The van der Waals surface area contributed by atoms with Crippen molar-refractivity contribution in [1.82, 2.24) is 5.32 Å². The van der Waals surface area contributed by atoms with Gasteiger partial charge in [-0.3, -0.25) is 10.1 Å². The first kappa shape index (κ1) is 24.3. The summed E-state index contributed by atoms with van der Waals surface area (Å²) in [5.41, 5.74) is 5.88. The molecule has 1 fully saturated rings. The standard InChI is InChI=1S/C17H21Cl2N3O8/c1-28-15-14(26)13(25)12(24)10(30-15)6-29-17(27)22-16(20)21-11(23)5-7-8(18)3-2-4-9(7)19/h2-4,10,12-15,24-26H,5-6H2,1H3,(H3,20,21,22,23,27)/t10-,12-,13+,14-,15+/m1/s1. The molecule has 0 unspecified atom stereocenters. The number of hydrogen-bond acceptors (Lipinski definition) is 8. The number of nitrogens with zero attached hydrogens (tertiary/aromatic N) is 1. The number of methoxy groups -OCH3 is 1. The number of amides is 2. The maximum atomic E-state index is 12.0. The van der Waals surface area contributed by atoms with Crippen LogP contribution in [0.5, 0.6) is 0 Å². The number of nitrogens with two attached hydrogens (primary N) is 1. The lowest BCUT2D eigenvalue weighted by Gasteiger charge is -2.39. The van der Waals surface area contributed by atoms with E-state index in [1.165, 1.54) is 7.11 Å². The third kappa shape index (κ3) is 6.25. The molecule has 2 amide bonds. The largest absolute Gasteiger partial charge is 0.445 e. The third-order valence-electron chi connectivity index (χ3n) is 4.15. The van der Waals surface area contributed by atoms with E-state index in [1.54, 1.807) is 18.2 Å². The van der Waals surface area contributed by atoms with Crippen LogP contribution in [-0.4, -0.2) is 77.7 Å². The average Bonchev–Trinajstić information content (AvgIpc) is 2.68. The number of ether oxygens (including phenoxy) is 3. The molecule has 0 bridgehead atoms. The Kier molecular flexibility index (Phi) is 8.79. The topological polar surface area (TPSA) is 173 Å². The van der Waals surface area contributed by atoms with E-state index < -0.39 is 55.3 Å². The van der Waals surface area contributed by atoms with Crippen LogP contribution in [-0.2, 0) is 25.4 Å². The zero-order valence-electron chi connectivity index (χ0n) is 15.7. The molecule has 1 saturated heterocycles. The molecular formula is C17H21Cl2N3O8. The molecule has 6 N–H and O–H groups in total. The molecule has 30 heavy (non-hydrogen) atoms. The summed E-state index contributed by atoms with van der Waals surface area (Å²) < 4.78 is 14.8. The van der Waals surface area contributed by atoms with Crippen LogP contribution in [0.25, 0.3) is 0 Å². The predicted octanol–water partition coefficient (Wildman–Crippen LogP) is -0.443. The molecule has 1 aromatic carbocycles. The van der Waals surface area contributed by atoms with Gasteiger partial charge in [0.05, 0.1) is 6.42 Å². The van der Waals surface area contributed by atoms with Crippen LogP contribution in [0.3, 0.4) is 0 Å². The Bertz CT molecular complexity index is 787. The van der Waals surface area contributed by atoms with Crippen LogP contribution in [0.1, 0.15) is 5.56 Å². The van der Waals surface area contributed by atoms with Crippen molar-refractivity contribution in [3.8, 4) is 0 Å². The zero-order chi connectivity index (χ0) is 22.4. The molecule has 1 heterocycles. The fourth-order valence-corrected chi connectivity index (χ4v) is 3.14. The first-order valence-corrected chi connectivity index (χ1v) is 9.35. The van der Waals surface area contributed by atoms with Gasteiger partial charge in [0.2, 0.25) is 11.9 Å². The molecule has 0 spiro atoms. The fourth-order valence-electron chi connectivity index (χ4n) is 2.61. The van der Waals surface area contributed by atoms with Crippen molar-refractivity contribution in [2.24, 2.45) is 10.7 Å². The highest BCUT2D eigenvalue weighted by molar-refractivity contribution is 6.36. The van der Waals surface area contributed by atoms with E-state index in [4.69, 9.17) is 43.1 Å². The molecule has 11 nitrogen and oxygen atoms in total. The van der Waals surface area contributed by atoms with Gasteiger partial charge < -0.3 is 35.3 Å². The van der Waals surface area contributed by atoms with Crippen molar-refractivity contribution >= 4 is 41.2 Å². The second-order valence-corrected chi connectivity index (χ2v) is 7.06. The summed E-state index contributed by atoms with van der Waals surface area (Å²) in [7, 11) is 1.23. The predicted molar refractivity (Wildman–Crippen MR) is 105 cm³/mol. The summed E-state index contributed by atoms with van der Waals surface area (Å²) in [5, 5.41) is 32.1. The number of carbonyl (C=O) groups is 2. The number of nitrogens with one attached hydrogen (secondary N) is 1. The Morgan fingerprint density at radius 2 is 1.83 bits per heavy atom. The van der Waals surface area contributed by atoms with E-state index in [1.807, 2.05) is 0 Å². The minimum absolute atomic E-state index is 0.204. The van der Waals surface area contributed by atoms with Crippen molar-refractivity contribution in [3.05, 3.63) is 33.8 Å². The molecular weight excluding hydrogens is 445 g/mol. The number of benzene rings is 1. The summed E-state index contributed by atoms with van der Waals surface area (Å²) in [4.78, 5) is 27.2. The lowest BCUT2D eigenvalue weighted by Crippen LogP contribution is -2.59. The van der Waals surface area contributed by atoms with Crippen LogP contribution in [0.4, 0.5) is 4.79 Å². The number of aliphatic imine (C=N–C) groups is 1. The molecule has 1 aliphatic rings. The summed E-state index contributed by atoms with van der Waals surface area (Å²) in [6.07, 6.45) is -8.40. The monoisotopic (exact) mass is 465 g/mol. The van der Waals surface area contributed by atoms with E-state index in [9.17, 15) is 24.9 Å². The molecule has 2 rings (SSSR count). The lowest BCUT2D eigenvalue weighted by molar-refractivity contribution is -0.294. The van der Waals surface area contributed by atoms with Crippen molar-refractivity contribution < 1.29 is 39.1 Å². The normalized spacial score (nSPS) is 26.9. The van der Waals surface area contributed by atoms with Gasteiger partial charge in [-0.25, -0.2) is 4.79 Å². The second-order valence-electron chi connectivity index (χ2n) is 6.25. The SMILES string of the molecule is CO[C@H]1O[C@H](COC(=O)N=C(N)NC(=O)Cc2c(Cl)cccc2Cl)[C@@H](O)[C@H](O)[C@H]1O. The molecule has 166 valence electrons. The van der Waals surface area contributed by atoms with Crippen molar-refractivity contribution in [2.75, 3.05) is 13.7 Å². The molecule has 5 atom stereocenters. The maximum Gasteiger partial charge on any atom is 0.436 e. The van der Waals surface area contributed by atoms with Gasteiger partial charge in [-0.2, -0.15) is 0 Å². The van der Waals surface area contributed by atoms with Gasteiger partial charge >= 0.3 is 6.09 Å². The molecule has 0 aliphatic carbocycles. The molecule has 0 radical (unpaired) electrons. The number of carbonyl (C=O) groups excluding carboxylic acids is 2. The van der Waals surface area contributed by atoms with E-state index in [2.05, 4.69) is 10.3 Å². The molecule has 0 saturated carbocycles. The van der Waals surface area contributed by atoms with Gasteiger partial charge in [0, 0.05) is 17.2 Å². The maximum absolute atomic E-state index is 12.0. The summed E-state index contributed by atoms with van der Waals surface area (Å²) >= 11 is 12.0. The number of hydrogen-bond donors (Lipinski definition) is 5. The first-order chi connectivity index (χ1) is 14.1. The van der Waals surface area contributed by atoms with Gasteiger partial charge in [-0.05, 0) is 17.7 Å². The van der Waals surface area contributed by atoms with E-state index in [-0.39, 0.29) is 6.42 Å². The van der Waals surface area contributed by atoms with Crippen LogP contribution >= 0.6 is 23.2 Å². The van der Waals surface area contributed by atoms with Crippen LogP contribution < -0.4 is 11.1 Å². The van der Waals surface area contributed by atoms with E-state index >= 15 is 0 Å². The van der Waals surface area contributed by atoms with Crippen molar-refractivity contribution in [3.63, 3.8) is 0 Å². The van der Waals surface area contributed by atoms with Gasteiger partial charge in [-0.15, -0.1) is 4.99 Å². The Balaban J connectivity index is 1.87. The van der Waals surface area contributed by atoms with Gasteiger partial charge in [0.1, 0.15) is 31.0 Å². The smallest absolute Gasteiger partial charge is 0.436 e. The lowest BCUT2D eigenvalue weighted by atomic mass is 9.99. The number of guanidine groups is 1. The van der Waals surface area contributed by atoms with Crippen LogP contribution in [0.15, 0.2) is 23.2 Å². The number of halogens is 2. The molecule has 1 aromatic rings. The highest BCUT2D eigenvalue weighted by Gasteiger charge is 2.44. The fraction of sp³-hybridized carbons (Fsp3) is 0.471. The van der Waals surface area contributed by atoms with Gasteiger partial charge in [-0.1, -0.05) is 29.3 Å². The molecule has 13 heteroatoms. The zero-order valence-corrected chi connectivity index (χ0v) is 17.2. The highest BCUT2D eigenvalue weighted by atomic mass is 35.5. The highest BCUT2D eigenvalue weighted by Crippen LogP contribution is 2.24. The Hall–Kier alpha value is -1.99. The quantitative estimate of drug-likeness (QED) is 0.285. The number of aliphatic hydroxyl groups is 3. The average molecular weight is 466 g/mol. The summed E-state index contributed by atoms with van der Waals surface area (Å²) in [6.45, 7) is -0.524. The van der Waals surface area contributed by atoms with Crippen LogP contribution in [0.2, 0.25) is 10.0 Å². The Morgan fingerprint density at radius 1 is 1.20 bits per heavy atom.